The predicted molar refractivity (Wildman–Crippen MR) is 83.7 cm³/mol. The third kappa shape index (κ3) is 2.58. The van der Waals surface area contributed by atoms with Crippen LogP contribution in [0.5, 0.6) is 0 Å². The zero-order valence-electron chi connectivity index (χ0n) is 12.2. The summed E-state index contributed by atoms with van der Waals surface area (Å²) in [5, 5.41) is 4.08. The molecule has 0 radical (unpaired) electrons. The number of carbonyl (C=O) groups is 1. The number of nitrogens with one attached hydrogen (secondary N) is 1. The van der Waals surface area contributed by atoms with E-state index in [9.17, 15) is 4.79 Å². The lowest BCUT2D eigenvalue weighted by atomic mass is 9.99. The Bertz CT molecular complexity index is 578. The number of hydrogen-bond acceptors (Lipinski definition) is 2. The molecule has 0 spiro atoms. The maximum atomic E-state index is 12.7. The molecule has 0 aromatic heterocycles. The number of hydrogen-bond donors (Lipinski definition) is 1. The molecule has 1 heterocycles. The van der Waals surface area contributed by atoms with Crippen LogP contribution < -0.4 is 5.32 Å². The van der Waals surface area contributed by atoms with Gasteiger partial charge in [0, 0.05) is 11.6 Å². The van der Waals surface area contributed by atoms with Crippen LogP contribution in [-0.2, 0) is 11.2 Å². The van der Waals surface area contributed by atoms with E-state index in [-0.39, 0.29) is 17.4 Å². The summed E-state index contributed by atoms with van der Waals surface area (Å²) in [6.07, 6.45) is 5.47. The minimum absolute atomic E-state index is 0.00688. The fourth-order valence-electron chi connectivity index (χ4n) is 3.64. The highest BCUT2D eigenvalue weighted by Crippen LogP contribution is 2.40. The first-order valence-corrected chi connectivity index (χ1v) is 8.36. The standard InChI is InChI=1S/C17H21ClN2O/c18-13-4-2-12-3-5-14(15(12)10-13)16(21)19-17(6-7-17)11-20-8-1-9-20/h2,4,10,14H,1,3,5-9,11H2,(H,19,21). The Morgan fingerprint density at radius 1 is 1.38 bits per heavy atom. The van der Waals surface area contributed by atoms with Gasteiger partial charge in [-0.3, -0.25) is 4.79 Å². The van der Waals surface area contributed by atoms with Crippen molar-refractivity contribution >= 4 is 17.5 Å². The zero-order chi connectivity index (χ0) is 14.4. The maximum Gasteiger partial charge on any atom is 0.228 e. The van der Waals surface area contributed by atoms with Crippen LogP contribution >= 0.6 is 11.6 Å². The number of nitrogens with zero attached hydrogens (tertiary/aromatic N) is 1. The minimum Gasteiger partial charge on any atom is -0.349 e. The van der Waals surface area contributed by atoms with Crippen LogP contribution in [0.25, 0.3) is 0 Å². The molecule has 1 N–H and O–H groups in total. The second kappa shape index (κ2) is 4.99. The van der Waals surface area contributed by atoms with Crippen LogP contribution in [-0.4, -0.2) is 36.0 Å². The molecule has 1 aromatic rings. The van der Waals surface area contributed by atoms with Gasteiger partial charge >= 0.3 is 0 Å². The van der Waals surface area contributed by atoms with Gasteiger partial charge in [0.15, 0.2) is 0 Å². The van der Waals surface area contributed by atoms with E-state index in [1.54, 1.807) is 0 Å². The largest absolute Gasteiger partial charge is 0.349 e. The minimum atomic E-state index is -0.00688. The summed E-state index contributed by atoms with van der Waals surface area (Å²) in [6, 6.07) is 5.97. The number of aryl methyl sites for hydroxylation is 1. The van der Waals surface area contributed by atoms with E-state index in [4.69, 9.17) is 11.6 Å². The summed E-state index contributed by atoms with van der Waals surface area (Å²) >= 11 is 6.10. The number of rotatable bonds is 4. The van der Waals surface area contributed by atoms with Crippen LogP contribution in [0.3, 0.4) is 0 Å². The van der Waals surface area contributed by atoms with E-state index in [1.165, 1.54) is 25.1 Å². The number of benzene rings is 1. The molecule has 1 atom stereocenters. The molecule has 1 saturated carbocycles. The molecule has 2 fully saturated rings. The average Bonchev–Trinajstić information content (AvgIpc) is 3.03. The van der Waals surface area contributed by atoms with Crippen molar-refractivity contribution in [1.82, 2.24) is 10.2 Å². The van der Waals surface area contributed by atoms with Crippen molar-refractivity contribution in [2.45, 2.75) is 43.6 Å². The van der Waals surface area contributed by atoms with Gasteiger partial charge < -0.3 is 10.2 Å². The number of amides is 1. The van der Waals surface area contributed by atoms with E-state index >= 15 is 0 Å². The van der Waals surface area contributed by atoms with Crippen LogP contribution in [0.15, 0.2) is 18.2 Å². The molecule has 1 unspecified atom stereocenters. The molecule has 1 saturated heterocycles. The second-order valence-electron chi connectivity index (χ2n) is 6.83. The highest BCUT2D eigenvalue weighted by molar-refractivity contribution is 6.30. The lowest BCUT2D eigenvalue weighted by Crippen LogP contribution is -2.50. The van der Waals surface area contributed by atoms with Gasteiger partial charge in [-0.2, -0.15) is 0 Å². The van der Waals surface area contributed by atoms with Crippen molar-refractivity contribution in [3.63, 3.8) is 0 Å². The third-order valence-corrected chi connectivity index (χ3v) is 5.45. The molecule has 0 bridgehead atoms. The number of halogens is 1. The van der Waals surface area contributed by atoms with Crippen LogP contribution in [0.4, 0.5) is 0 Å². The summed E-state index contributed by atoms with van der Waals surface area (Å²) in [5.74, 6) is 0.196. The van der Waals surface area contributed by atoms with Gasteiger partial charge in [-0.05, 0) is 68.5 Å². The average molecular weight is 305 g/mol. The highest BCUT2D eigenvalue weighted by Gasteiger charge is 2.47. The normalized spacial score (nSPS) is 26.0. The quantitative estimate of drug-likeness (QED) is 0.927. The van der Waals surface area contributed by atoms with Crippen LogP contribution in [0.1, 0.15) is 42.7 Å². The summed E-state index contributed by atoms with van der Waals surface area (Å²) < 4.78 is 0. The fraction of sp³-hybridized carbons (Fsp3) is 0.588. The van der Waals surface area contributed by atoms with E-state index < -0.39 is 0 Å². The molecule has 3 aliphatic rings. The van der Waals surface area contributed by atoms with E-state index in [2.05, 4.69) is 16.3 Å². The number of fused-ring (bicyclic) bond motifs is 1. The van der Waals surface area contributed by atoms with E-state index in [0.717, 1.165) is 42.8 Å². The Balaban J connectivity index is 1.45. The van der Waals surface area contributed by atoms with Gasteiger partial charge in [0.2, 0.25) is 5.91 Å². The molecule has 1 aromatic carbocycles. The molecule has 4 rings (SSSR count). The van der Waals surface area contributed by atoms with Crippen LogP contribution in [0.2, 0.25) is 5.02 Å². The van der Waals surface area contributed by atoms with Crippen molar-refractivity contribution in [2.24, 2.45) is 0 Å². The fourth-order valence-corrected chi connectivity index (χ4v) is 3.82. The highest BCUT2D eigenvalue weighted by atomic mass is 35.5. The predicted octanol–water partition coefficient (Wildman–Crippen LogP) is 2.72. The monoisotopic (exact) mass is 304 g/mol. The van der Waals surface area contributed by atoms with Gasteiger partial charge in [-0.1, -0.05) is 17.7 Å². The first-order valence-electron chi connectivity index (χ1n) is 7.98. The number of carbonyl (C=O) groups excluding carboxylic acids is 1. The smallest absolute Gasteiger partial charge is 0.228 e. The molecule has 21 heavy (non-hydrogen) atoms. The van der Waals surface area contributed by atoms with Gasteiger partial charge in [-0.15, -0.1) is 0 Å². The zero-order valence-corrected chi connectivity index (χ0v) is 13.0. The van der Waals surface area contributed by atoms with Gasteiger partial charge in [-0.25, -0.2) is 0 Å². The third-order valence-electron chi connectivity index (χ3n) is 5.22. The molecule has 2 aliphatic carbocycles. The van der Waals surface area contributed by atoms with E-state index in [0.29, 0.717) is 0 Å². The van der Waals surface area contributed by atoms with Crippen molar-refractivity contribution < 1.29 is 4.79 Å². The lowest BCUT2D eigenvalue weighted by molar-refractivity contribution is -0.123. The van der Waals surface area contributed by atoms with E-state index in [1.807, 2.05) is 12.1 Å². The molecule has 112 valence electrons. The van der Waals surface area contributed by atoms with Gasteiger partial charge in [0.25, 0.3) is 0 Å². The lowest BCUT2D eigenvalue weighted by Gasteiger charge is -2.35. The van der Waals surface area contributed by atoms with Crippen molar-refractivity contribution in [3.05, 3.63) is 34.3 Å². The second-order valence-corrected chi connectivity index (χ2v) is 7.27. The molecule has 3 nitrogen and oxygen atoms in total. The molecule has 1 aliphatic heterocycles. The Morgan fingerprint density at radius 3 is 2.86 bits per heavy atom. The Morgan fingerprint density at radius 2 is 2.19 bits per heavy atom. The number of likely N-dealkylation sites (tertiary alicyclic amines) is 1. The maximum absolute atomic E-state index is 12.7. The molecular weight excluding hydrogens is 284 g/mol. The van der Waals surface area contributed by atoms with Gasteiger partial charge in [0.1, 0.15) is 0 Å². The summed E-state index contributed by atoms with van der Waals surface area (Å²) in [7, 11) is 0. The first-order chi connectivity index (χ1) is 10.2. The van der Waals surface area contributed by atoms with Crippen LogP contribution in [0, 0.1) is 0 Å². The van der Waals surface area contributed by atoms with Crippen molar-refractivity contribution in [3.8, 4) is 0 Å². The molecular formula is C17H21ClN2O. The topological polar surface area (TPSA) is 32.3 Å². The summed E-state index contributed by atoms with van der Waals surface area (Å²) in [5.41, 5.74) is 2.49. The Labute approximate surface area is 130 Å². The van der Waals surface area contributed by atoms with Gasteiger partial charge in [0.05, 0.1) is 11.5 Å². The summed E-state index contributed by atoms with van der Waals surface area (Å²) in [4.78, 5) is 15.1. The first kappa shape index (κ1) is 13.6. The molecule has 1 amide bonds. The van der Waals surface area contributed by atoms with Crippen molar-refractivity contribution in [1.29, 1.82) is 0 Å². The Kier molecular flexibility index (Phi) is 3.23. The van der Waals surface area contributed by atoms with Crippen molar-refractivity contribution in [2.75, 3.05) is 19.6 Å². The SMILES string of the molecule is O=C(NC1(CN2CCC2)CC1)C1CCc2ccc(Cl)cc21. The molecule has 4 heteroatoms. The summed E-state index contributed by atoms with van der Waals surface area (Å²) in [6.45, 7) is 3.42. The Hall–Kier alpha value is -1.06.